The van der Waals surface area contributed by atoms with E-state index >= 15 is 0 Å². The first-order valence-electron chi connectivity index (χ1n) is 9.33. The van der Waals surface area contributed by atoms with Crippen molar-refractivity contribution >= 4 is 61.5 Å². The van der Waals surface area contributed by atoms with Crippen molar-refractivity contribution in [3.05, 3.63) is 64.3 Å². The largest absolute Gasteiger partial charge is 0.395 e. The molecule has 0 aromatic heterocycles. The van der Waals surface area contributed by atoms with Crippen LogP contribution in [0.3, 0.4) is 0 Å². The summed E-state index contributed by atoms with van der Waals surface area (Å²) < 4.78 is 66.2. The van der Waals surface area contributed by atoms with Gasteiger partial charge < -0.3 is 10.4 Å². The van der Waals surface area contributed by atoms with E-state index in [-0.39, 0.29) is 34.1 Å². The summed E-state index contributed by atoms with van der Waals surface area (Å²) in [7, 11) is -9.41. The number of anilines is 1. The van der Waals surface area contributed by atoms with E-state index < -0.39 is 48.4 Å². The number of carbonyl (C=O) groups excluding carboxylic acids is 2. The van der Waals surface area contributed by atoms with E-state index in [9.17, 15) is 35.5 Å². The highest BCUT2D eigenvalue weighted by Gasteiger charge is 2.30. The molecule has 0 spiro atoms. The fourth-order valence-corrected chi connectivity index (χ4v) is 4.74. The maximum Gasteiger partial charge on any atom is 0.295 e. The number of hydrogen-bond acceptors (Lipinski definition) is 8. The van der Waals surface area contributed by atoms with Crippen molar-refractivity contribution in [2.24, 2.45) is 0 Å². The van der Waals surface area contributed by atoms with E-state index in [1.165, 1.54) is 36.4 Å². The van der Waals surface area contributed by atoms with Gasteiger partial charge >= 0.3 is 0 Å². The highest BCUT2D eigenvalue weighted by atomic mass is 35.5. The molecular formula is C20H17ClN2O9S2. The number of nitrogens with zero attached hydrogens (tertiary/aromatic N) is 1. The average Bonchev–Trinajstić information content (AvgIpc) is 2.99. The van der Waals surface area contributed by atoms with E-state index in [2.05, 4.69) is 5.32 Å². The molecule has 2 aromatic rings. The number of aliphatic hydroxyl groups excluding tert-OH is 1. The van der Waals surface area contributed by atoms with Gasteiger partial charge in [0.05, 0.1) is 13.2 Å². The van der Waals surface area contributed by atoms with E-state index in [0.29, 0.717) is 0 Å². The number of rotatable bonds is 8. The van der Waals surface area contributed by atoms with Crippen molar-refractivity contribution in [1.29, 1.82) is 0 Å². The van der Waals surface area contributed by atoms with Gasteiger partial charge in [-0.15, -0.1) is 0 Å². The number of carbonyl (C=O) groups is 2. The third-order valence-corrected chi connectivity index (χ3v) is 6.65. The second kappa shape index (κ2) is 9.66. The van der Waals surface area contributed by atoms with E-state index in [4.69, 9.17) is 16.7 Å². The van der Waals surface area contributed by atoms with Gasteiger partial charge in [0.15, 0.2) is 0 Å². The van der Waals surface area contributed by atoms with Crippen LogP contribution >= 0.6 is 11.6 Å². The number of amides is 2. The summed E-state index contributed by atoms with van der Waals surface area (Å²) in [5.74, 6) is -1.38. The molecule has 34 heavy (non-hydrogen) atoms. The molecule has 2 amide bonds. The lowest BCUT2D eigenvalue weighted by Crippen LogP contribution is -2.34. The van der Waals surface area contributed by atoms with Crippen molar-refractivity contribution in [2.75, 3.05) is 18.5 Å². The molecule has 180 valence electrons. The first kappa shape index (κ1) is 25.6. The topological polar surface area (TPSA) is 178 Å². The molecule has 0 saturated carbocycles. The molecule has 3 rings (SSSR count). The summed E-state index contributed by atoms with van der Waals surface area (Å²) in [6.45, 7) is -0.644. The summed E-state index contributed by atoms with van der Waals surface area (Å²) in [5, 5.41) is 11.6. The lowest BCUT2D eigenvalue weighted by Gasteiger charge is -2.14. The number of halogens is 1. The Labute approximate surface area is 199 Å². The molecule has 11 nitrogen and oxygen atoms in total. The van der Waals surface area contributed by atoms with Crippen LogP contribution in [0.2, 0.25) is 5.02 Å². The standard InChI is InChI=1S/C20H17ClN2O9S2/c21-14-5-3-12(17(9-14)33(27,28)29)1-2-13-4-6-15(10-18(13)34(30,31)32)22-16-11-19(25)23(7-8-24)20(16)26/h1-6,9-11,22,24H,7-8H2,(H,27,28,29)(H,30,31,32). The molecule has 1 heterocycles. The molecular weight excluding hydrogens is 512 g/mol. The van der Waals surface area contributed by atoms with Gasteiger partial charge in [0.1, 0.15) is 15.5 Å². The van der Waals surface area contributed by atoms with Crippen molar-refractivity contribution in [1.82, 2.24) is 4.90 Å². The zero-order valence-corrected chi connectivity index (χ0v) is 19.4. The summed E-state index contributed by atoms with van der Waals surface area (Å²) in [6, 6.07) is 7.29. The van der Waals surface area contributed by atoms with Crippen molar-refractivity contribution in [2.45, 2.75) is 9.79 Å². The molecule has 0 aliphatic carbocycles. The van der Waals surface area contributed by atoms with Gasteiger partial charge in [0, 0.05) is 16.8 Å². The molecule has 0 bridgehead atoms. The highest BCUT2D eigenvalue weighted by Crippen LogP contribution is 2.27. The van der Waals surface area contributed by atoms with Crippen LogP contribution in [0, 0.1) is 0 Å². The van der Waals surface area contributed by atoms with E-state index in [1.54, 1.807) is 0 Å². The van der Waals surface area contributed by atoms with Gasteiger partial charge in [-0.05, 0) is 35.4 Å². The van der Waals surface area contributed by atoms with Crippen LogP contribution < -0.4 is 5.32 Å². The second-order valence-corrected chi connectivity index (χ2v) is 10.1. The minimum absolute atomic E-state index is 0.000385. The molecule has 4 N–H and O–H groups in total. The maximum atomic E-state index is 12.3. The lowest BCUT2D eigenvalue weighted by molar-refractivity contribution is -0.137. The SMILES string of the molecule is O=C1C=C(Nc2ccc(C=Cc3ccc(Cl)cc3S(=O)(=O)O)c(S(=O)(=O)O)c2)C(=O)N1CCO. The zero-order valence-electron chi connectivity index (χ0n) is 17.0. The Morgan fingerprint density at radius 3 is 2.03 bits per heavy atom. The second-order valence-electron chi connectivity index (χ2n) is 6.92. The van der Waals surface area contributed by atoms with Gasteiger partial charge in [-0.25, -0.2) is 0 Å². The molecule has 0 saturated heterocycles. The fraction of sp³-hybridized carbons (Fsp3) is 0.100. The van der Waals surface area contributed by atoms with Crippen LogP contribution in [-0.4, -0.2) is 60.9 Å². The van der Waals surface area contributed by atoms with Gasteiger partial charge in [0.25, 0.3) is 32.1 Å². The van der Waals surface area contributed by atoms with Crippen LogP contribution in [0.5, 0.6) is 0 Å². The Hall–Kier alpha value is -3.07. The van der Waals surface area contributed by atoms with Crippen molar-refractivity contribution in [3.63, 3.8) is 0 Å². The van der Waals surface area contributed by atoms with Gasteiger partial charge in [-0.2, -0.15) is 16.8 Å². The summed E-state index contributed by atoms with van der Waals surface area (Å²) in [5.41, 5.74) is -0.163. The van der Waals surface area contributed by atoms with Crippen molar-refractivity contribution in [3.8, 4) is 0 Å². The number of β-amino-alcohol motifs (C(OH)–C–C–N with tert-alkyl or cyclic N) is 1. The molecule has 1 aliphatic rings. The van der Waals surface area contributed by atoms with E-state index in [1.807, 2.05) is 0 Å². The number of nitrogens with one attached hydrogen (secondary N) is 1. The summed E-state index contributed by atoms with van der Waals surface area (Å²) >= 11 is 5.77. The third kappa shape index (κ3) is 5.70. The molecule has 0 atom stereocenters. The minimum atomic E-state index is -4.78. The van der Waals surface area contributed by atoms with Gasteiger partial charge in [-0.1, -0.05) is 35.9 Å². The third-order valence-electron chi connectivity index (χ3n) is 4.60. The Kier molecular flexibility index (Phi) is 7.26. The smallest absolute Gasteiger partial charge is 0.295 e. The Morgan fingerprint density at radius 2 is 1.47 bits per heavy atom. The fourth-order valence-electron chi connectivity index (χ4n) is 3.09. The first-order valence-corrected chi connectivity index (χ1v) is 12.6. The quantitative estimate of drug-likeness (QED) is 0.223. The summed E-state index contributed by atoms with van der Waals surface area (Å²) in [4.78, 5) is 23.8. The Balaban J connectivity index is 1.97. The molecule has 0 unspecified atom stereocenters. The van der Waals surface area contributed by atoms with E-state index in [0.717, 1.165) is 23.1 Å². The molecule has 2 aromatic carbocycles. The molecule has 14 heteroatoms. The Bertz CT molecular complexity index is 1450. The predicted octanol–water partition coefficient (Wildman–Crippen LogP) is 1.66. The summed E-state index contributed by atoms with van der Waals surface area (Å²) in [6.07, 6.45) is 3.37. The van der Waals surface area contributed by atoms with Crippen LogP contribution in [0.25, 0.3) is 12.2 Å². The number of imide groups is 1. The van der Waals surface area contributed by atoms with Gasteiger partial charge in [0.2, 0.25) is 0 Å². The number of hydrogen-bond donors (Lipinski definition) is 4. The van der Waals surface area contributed by atoms with Crippen LogP contribution in [0.15, 0.2) is 58.0 Å². The zero-order chi connectivity index (χ0) is 25.3. The predicted molar refractivity (Wildman–Crippen MR) is 122 cm³/mol. The maximum absolute atomic E-state index is 12.3. The minimum Gasteiger partial charge on any atom is -0.395 e. The van der Waals surface area contributed by atoms with Crippen LogP contribution in [-0.2, 0) is 29.8 Å². The highest BCUT2D eigenvalue weighted by molar-refractivity contribution is 7.86. The molecule has 1 aliphatic heterocycles. The van der Waals surface area contributed by atoms with Gasteiger partial charge in [-0.3, -0.25) is 23.6 Å². The number of aliphatic hydroxyl groups is 1. The molecule has 0 radical (unpaired) electrons. The van der Waals surface area contributed by atoms with Crippen LogP contribution in [0.4, 0.5) is 5.69 Å². The average molecular weight is 529 g/mol. The monoisotopic (exact) mass is 528 g/mol. The van der Waals surface area contributed by atoms with Crippen LogP contribution in [0.1, 0.15) is 11.1 Å². The normalized spacial score (nSPS) is 14.7. The lowest BCUT2D eigenvalue weighted by atomic mass is 10.1. The Morgan fingerprint density at radius 1 is 0.912 bits per heavy atom. The number of benzene rings is 2. The van der Waals surface area contributed by atoms with Crippen molar-refractivity contribution < 1.29 is 40.6 Å². The first-order chi connectivity index (χ1) is 15.8. The molecule has 0 fully saturated rings.